The van der Waals surface area contributed by atoms with Crippen LogP contribution in [0.25, 0.3) is 0 Å². The molecule has 31 heavy (non-hydrogen) atoms. The number of rotatable bonds is 6. The molecule has 2 heterocycles. The van der Waals surface area contributed by atoms with Crippen molar-refractivity contribution in [2.75, 3.05) is 32.7 Å². The van der Waals surface area contributed by atoms with Crippen molar-refractivity contribution in [2.24, 2.45) is 11.8 Å². The van der Waals surface area contributed by atoms with Gasteiger partial charge in [-0.15, -0.1) is 0 Å². The summed E-state index contributed by atoms with van der Waals surface area (Å²) < 4.78 is 0. The number of benzene rings is 1. The molecule has 0 radical (unpaired) electrons. The molecule has 1 aromatic carbocycles. The first-order valence-electron chi connectivity index (χ1n) is 11.4. The molecule has 168 valence electrons. The van der Waals surface area contributed by atoms with Crippen LogP contribution in [0.3, 0.4) is 0 Å². The van der Waals surface area contributed by atoms with Gasteiger partial charge >= 0.3 is 0 Å². The third-order valence-corrected chi connectivity index (χ3v) is 6.19. The van der Waals surface area contributed by atoms with Gasteiger partial charge in [0.2, 0.25) is 5.91 Å². The predicted octanol–water partition coefficient (Wildman–Crippen LogP) is 3.05. The number of carbonyl (C=O) groups is 4. The van der Waals surface area contributed by atoms with E-state index in [0.717, 1.165) is 19.3 Å². The second kappa shape index (κ2) is 9.62. The lowest BCUT2D eigenvalue weighted by molar-refractivity contribution is -0.135. The largest absolute Gasteiger partial charge is 0.341 e. The first-order chi connectivity index (χ1) is 14.8. The first-order valence-corrected chi connectivity index (χ1v) is 11.4. The van der Waals surface area contributed by atoms with E-state index < -0.39 is 0 Å². The monoisotopic (exact) mass is 427 g/mol. The van der Waals surface area contributed by atoms with Crippen LogP contribution in [-0.4, -0.2) is 71.1 Å². The van der Waals surface area contributed by atoms with Gasteiger partial charge in [-0.2, -0.15) is 0 Å². The molecular formula is C24H33N3O4. The lowest BCUT2D eigenvalue weighted by atomic mass is 10.0. The van der Waals surface area contributed by atoms with Gasteiger partial charge in [-0.1, -0.05) is 27.7 Å². The van der Waals surface area contributed by atoms with E-state index in [1.807, 2.05) is 32.6 Å². The fourth-order valence-electron chi connectivity index (χ4n) is 4.37. The molecule has 1 saturated heterocycles. The Morgan fingerprint density at radius 2 is 1.52 bits per heavy atom. The summed E-state index contributed by atoms with van der Waals surface area (Å²) in [4.78, 5) is 56.0. The highest BCUT2D eigenvalue weighted by atomic mass is 16.2. The Hall–Kier alpha value is -2.70. The smallest absolute Gasteiger partial charge is 0.261 e. The summed E-state index contributed by atoms with van der Waals surface area (Å²) in [5, 5.41) is 0. The molecule has 1 fully saturated rings. The zero-order chi connectivity index (χ0) is 22.7. The van der Waals surface area contributed by atoms with E-state index in [1.165, 1.54) is 4.90 Å². The van der Waals surface area contributed by atoms with Gasteiger partial charge in [-0.3, -0.25) is 24.1 Å². The minimum atomic E-state index is -0.332. The average molecular weight is 428 g/mol. The summed E-state index contributed by atoms with van der Waals surface area (Å²) in [6.45, 7) is 10.5. The Morgan fingerprint density at radius 1 is 0.903 bits per heavy atom. The van der Waals surface area contributed by atoms with Crippen LogP contribution in [0.4, 0.5) is 0 Å². The number of nitrogens with zero attached hydrogens (tertiary/aromatic N) is 3. The van der Waals surface area contributed by atoms with Gasteiger partial charge in [0.25, 0.3) is 17.7 Å². The maximum absolute atomic E-state index is 13.1. The summed E-state index contributed by atoms with van der Waals surface area (Å²) in [7, 11) is 0. The molecular weight excluding hydrogens is 394 g/mol. The van der Waals surface area contributed by atoms with Gasteiger partial charge < -0.3 is 9.80 Å². The molecule has 0 aliphatic carbocycles. The maximum Gasteiger partial charge on any atom is 0.261 e. The van der Waals surface area contributed by atoms with E-state index in [2.05, 4.69) is 0 Å². The predicted molar refractivity (Wildman–Crippen MR) is 118 cm³/mol. The van der Waals surface area contributed by atoms with Crippen molar-refractivity contribution in [3.05, 3.63) is 34.9 Å². The van der Waals surface area contributed by atoms with Crippen LogP contribution >= 0.6 is 0 Å². The molecule has 2 aliphatic heterocycles. The number of amides is 4. The quantitative estimate of drug-likeness (QED) is 0.654. The minimum absolute atomic E-state index is 0.0382. The molecule has 3 rings (SSSR count). The van der Waals surface area contributed by atoms with Crippen LogP contribution in [0.5, 0.6) is 0 Å². The van der Waals surface area contributed by atoms with Gasteiger partial charge in [0, 0.05) is 44.2 Å². The summed E-state index contributed by atoms with van der Waals surface area (Å²) >= 11 is 0. The number of carbonyl (C=O) groups excluding carboxylic acids is 4. The van der Waals surface area contributed by atoms with Crippen molar-refractivity contribution in [2.45, 2.75) is 47.0 Å². The van der Waals surface area contributed by atoms with Crippen LogP contribution in [0, 0.1) is 11.8 Å². The molecule has 0 aromatic heterocycles. The third kappa shape index (κ3) is 4.65. The number of hydrogen-bond donors (Lipinski definition) is 0. The van der Waals surface area contributed by atoms with Crippen LogP contribution in [0.15, 0.2) is 18.2 Å². The van der Waals surface area contributed by atoms with E-state index >= 15 is 0 Å². The summed E-state index contributed by atoms with van der Waals surface area (Å²) in [5.74, 6) is -0.407. The summed E-state index contributed by atoms with van der Waals surface area (Å²) in [5.41, 5.74) is 1.07. The van der Waals surface area contributed by atoms with Crippen molar-refractivity contribution in [3.8, 4) is 0 Å². The number of hydrogen-bond acceptors (Lipinski definition) is 4. The fourth-order valence-corrected chi connectivity index (χ4v) is 4.37. The topological polar surface area (TPSA) is 78.0 Å². The Bertz CT molecular complexity index is 876. The van der Waals surface area contributed by atoms with Crippen molar-refractivity contribution >= 4 is 23.6 Å². The van der Waals surface area contributed by atoms with E-state index in [-0.39, 0.29) is 35.5 Å². The van der Waals surface area contributed by atoms with E-state index in [4.69, 9.17) is 0 Å². The molecule has 7 nitrogen and oxygen atoms in total. The standard InChI is InChI=1S/C24H33N3O4/c1-5-17(6-2)21(28)25-10-7-11-26(13-12-25)22(29)18-8-9-19-20(14-18)24(31)27(23(19)30)15-16(3)4/h8-9,14,16-17H,5-7,10-13,15H2,1-4H3. The minimum Gasteiger partial charge on any atom is -0.341 e. The molecule has 7 heteroatoms. The Labute approximate surface area is 184 Å². The highest BCUT2D eigenvalue weighted by Gasteiger charge is 2.36. The third-order valence-electron chi connectivity index (χ3n) is 6.19. The zero-order valence-corrected chi connectivity index (χ0v) is 19.0. The van der Waals surface area contributed by atoms with Crippen molar-refractivity contribution < 1.29 is 19.2 Å². The highest BCUT2D eigenvalue weighted by molar-refractivity contribution is 6.22. The molecule has 4 amide bonds. The summed E-state index contributed by atoms with van der Waals surface area (Å²) in [6, 6.07) is 4.77. The lowest BCUT2D eigenvalue weighted by Gasteiger charge is -2.25. The van der Waals surface area contributed by atoms with Gasteiger partial charge in [0.05, 0.1) is 11.1 Å². The van der Waals surface area contributed by atoms with Crippen molar-refractivity contribution in [1.29, 1.82) is 0 Å². The molecule has 0 atom stereocenters. The van der Waals surface area contributed by atoms with Crippen LogP contribution in [-0.2, 0) is 4.79 Å². The normalized spacial score (nSPS) is 16.9. The fraction of sp³-hybridized carbons (Fsp3) is 0.583. The van der Waals surface area contributed by atoms with Crippen molar-refractivity contribution in [3.63, 3.8) is 0 Å². The average Bonchev–Trinajstić information content (AvgIpc) is 2.93. The van der Waals surface area contributed by atoms with Crippen molar-refractivity contribution in [1.82, 2.24) is 14.7 Å². The Kier molecular flexibility index (Phi) is 7.13. The van der Waals surface area contributed by atoms with Crippen LogP contribution in [0.1, 0.15) is 78.0 Å². The van der Waals surface area contributed by atoms with Gasteiger partial charge in [-0.25, -0.2) is 0 Å². The molecule has 0 spiro atoms. The van der Waals surface area contributed by atoms with E-state index in [9.17, 15) is 19.2 Å². The second-order valence-electron chi connectivity index (χ2n) is 8.86. The SMILES string of the molecule is CCC(CC)C(=O)N1CCCN(C(=O)c2ccc3c(c2)C(=O)N(CC(C)C)C3=O)CC1. The van der Waals surface area contributed by atoms with Crippen LogP contribution < -0.4 is 0 Å². The van der Waals surface area contributed by atoms with Crippen LogP contribution in [0.2, 0.25) is 0 Å². The van der Waals surface area contributed by atoms with Gasteiger partial charge in [0.1, 0.15) is 0 Å². The molecule has 2 aliphatic rings. The summed E-state index contributed by atoms with van der Waals surface area (Å²) in [6.07, 6.45) is 2.37. The number of imide groups is 1. The highest BCUT2D eigenvalue weighted by Crippen LogP contribution is 2.25. The zero-order valence-electron chi connectivity index (χ0n) is 19.0. The molecule has 0 saturated carbocycles. The maximum atomic E-state index is 13.1. The Morgan fingerprint density at radius 3 is 2.16 bits per heavy atom. The molecule has 0 N–H and O–H groups in total. The Balaban J connectivity index is 1.72. The molecule has 0 bridgehead atoms. The van der Waals surface area contributed by atoms with Gasteiger partial charge in [0.15, 0.2) is 0 Å². The number of fused-ring (bicyclic) bond motifs is 1. The molecule has 1 aromatic rings. The van der Waals surface area contributed by atoms with E-state index in [1.54, 1.807) is 23.1 Å². The second-order valence-corrected chi connectivity index (χ2v) is 8.86. The van der Waals surface area contributed by atoms with Gasteiger partial charge in [-0.05, 0) is 43.4 Å². The molecule has 0 unspecified atom stereocenters. The van der Waals surface area contributed by atoms with E-state index in [0.29, 0.717) is 49.4 Å². The lowest BCUT2D eigenvalue weighted by Crippen LogP contribution is -2.39. The first kappa shape index (κ1) is 23.0.